The van der Waals surface area contributed by atoms with Crippen LogP contribution in [0.25, 0.3) is 33.4 Å². The first-order valence-electron chi connectivity index (χ1n) is 31.4. The minimum absolute atomic E-state index is 0.00702. The van der Waals surface area contributed by atoms with E-state index in [1.54, 1.807) is 0 Å². The van der Waals surface area contributed by atoms with Crippen molar-refractivity contribution in [2.75, 3.05) is 14.7 Å². The van der Waals surface area contributed by atoms with Gasteiger partial charge in [0.1, 0.15) is 0 Å². The summed E-state index contributed by atoms with van der Waals surface area (Å²) in [7, 11) is 0. The highest BCUT2D eigenvalue weighted by Crippen LogP contribution is 2.62. The highest BCUT2D eigenvalue weighted by Gasteiger charge is 2.57. The first-order valence-corrected chi connectivity index (χ1v) is 31.4. The highest BCUT2D eigenvalue weighted by molar-refractivity contribution is 7.00. The van der Waals surface area contributed by atoms with Crippen LogP contribution in [0.5, 0.6) is 0 Å². The predicted molar refractivity (Wildman–Crippen MR) is 364 cm³/mol. The van der Waals surface area contributed by atoms with Crippen LogP contribution in [0.15, 0.2) is 194 Å². The van der Waals surface area contributed by atoms with Gasteiger partial charge in [0, 0.05) is 50.7 Å². The second-order valence-corrected chi connectivity index (χ2v) is 29.7. The lowest BCUT2D eigenvalue weighted by Gasteiger charge is -2.50. The highest BCUT2D eigenvalue weighted by atomic mass is 15.3. The molecule has 13 rings (SSSR count). The second kappa shape index (κ2) is 20.0. The van der Waals surface area contributed by atoms with Crippen LogP contribution in [-0.2, 0) is 27.1 Å². The smallest absolute Gasteiger partial charge is 0.252 e. The van der Waals surface area contributed by atoms with Crippen LogP contribution < -0.4 is 31.1 Å². The Morgan fingerprint density at radius 1 is 0.345 bits per heavy atom. The van der Waals surface area contributed by atoms with Gasteiger partial charge in [-0.05, 0) is 162 Å². The van der Waals surface area contributed by atoms with Gasteiger partial charge in [0.05, 0.1) is 16.9 Å². The molecule has 0 bridgehead atoms. The summed E-state index contributed by atoms with van der Waals surface area (Å²) in [5.41, 5.74) is 27.5. The van der Waals surface area contributed by atoms with Crippen LogP contribution in [0, 0.1) is 0 Å². The summed E-state index contributed by atoms with van der Waals surface area (Å²) in [6.07, 6.45) is 7.22. The Kier molecular flexibility index (Phi) is 13.3. The van der Waals surface area contributed by atoms with E-state index in [4.69, 9.17) is 0 Å². The minimum Gasteiger partial charge on any atom is -0.334 e. The molecule has 9 aromatic carbocycles. The van der Waals surface area contributed by atoms with E-state index < -0.39 is 0 Å². The number of hydrogen-bond acceptors (Lipinski definition) is 3. The van der Waals surface area contributed by atoms with Crippen molar-refractivity contribution in [3.8, 4) is 33.4 Å². The van der Waals surface area contributed by atoms with Gasteiger partial charge in [-0.15, -0.1) is 0 Å². The summed E-state index contributed by atoms with van der Waals surface area (Å²) >= 11 is 0. The number of rotatable bonds is 6. The third-order valence-electron chi connectivity index (χ3n) is 20.1. The van der Waals surface area contributed by atoms with E-state index in [1.165, 1.54) is 149 Å². The summed E-state index contributed by atoms with van der Waals surface area (Å²) in [6, 6.07) is 75.9. The van der Waals surface area contributed by atoms with Crippen LogP contribution in [-0.4, -0.2) is 12.3 Å². The van der Waals surface area contributed by atoms with Crippen LogP contribution >= 0.6 is 0 Å². The maximum atomic E-state index is 2.87. The van der Waals surface area contributed by atoms with E-state index in [1.807, 2.05) is 0 Å². The van der Waals surface area contributed by atoms with Gasteiger partial charge in [-0.1, -0.05) is 255 Å². The van der Waals surface area contributed by atoms with Crippen molar-refractivity contribution in [1.82, 2.24) is 0 Å². The maximum Gasteiger partial charge on any atom is 0.252 e. The number of fused-ring (bicyclic) bond motifs is 7. The molecule has 0 amide bonds. The molecule has 0 N–H and O–H groups in total. The molecule has 0 aromatic heterocycles. The molecule has 9 aromatic rings. The van der Waals surface area contributed by atoms with Crippen LogP contribution in [0.2, 0.25) is 0 Å². The lowest BCUT2D eigenvalue weighted by atomic mass is 9.33. The Morgan fingerprint density at radius 2 is 0.786 bits per heavy atom. The molecule has 0 radical (unpaired) electrons. The molecule has 4 heteroatoms. The first-order chi connectivity index (χ1) is 39.9. The van der Waals surface area contributed by atoms with Gasteiger partial charge in [0.15, 0.2) is 0 Å². The monoisotopic (exact) mass is 1100 g/mol. The molecule has 1 saturated carbocycles. The predicted octanol–water partition coefficient (Wildman–Crippen LogP) is 20.5. The number of hydrogen-bond donors (Lipinski definition) is 0. The Bertz CT molecular complexity index is 4000. The summed E-state index contributed by atoms with van der Waals surface area (Å²) < 4.78 is 0. The van der Waals surface area contributed by atoms with E-state index in [-0.39, 0.29) is 39.3 Å². The molecule has 3 aliphatic heterocycles. The molecule has 0 spiro atoms. The van der Waals surface area contributed by atoms with Crippen molar-refractivity contribution < 1.29 is 0 Å². The lowest BCUT2D eigenvalue weighted by Crippen LogP contribution is -2.61. The standard InChI is InChI=1S/C80H86BN3/c1-75(2,3)57-35-40-67(62(47-57)54-30-22-18-23-31-54)82-70-43-38-60(78(10,11)12)50-66(70)81-65-39-34-56(53-28-20-17-21-29-53)46-71(65)83(68-41-36-58(76(4,5)6)48-63(68)55-32-24-19-25-33-55)73-52-61(51-72(82)74(73)81)84-69-42-37-59(77(7,8)9)49-64(69)79(13)44-26-15-16-27-45-80(79,84)14/h17-25,28-43,46-52H,15-16,26-27,44-45H2,1-14H3. The first kappa shape index (κ1) is 55.6. The summed E-state index contributed by atoms with van der Waals surface area (Å²) in [5.74, 6) is 0. The van der Waals surface area contributed by atoms with Crippen LogP contribution in [0.4, 0.5) is 45.5 Å². The molecule has 424 valence electrons. The largest absolute Gasteiger partial charge is 0.334 e. The van der Waals surface area contributed by atoms with Gasteiger partial charge >= 0.3 is 0 Å². The fourth-order valence-corrected chi connectivity index (χ4v) is 15.0. The SMILES string of the molecule is CC(C)(C)c1ccc2c(c1)B1c3ccc(-c4ccccc4)cc3N(c3ccc(C(C)(C)C)cc3-c3ccccc3)c3cc(N4c5ccc(C(C)(C)C)cc5C5(C)CCCCCCC45C)cc(c31)N2c1ccc(C(C)(C)C)cc1-c1ccccc1. The number of nitrogens with zero attached hydrogens (tertiary/aromatic N) is 3. The van der Waals surface area contributed by atoms with Crippen molar-refractivity contribution in [1.29, 1.82) is 0 Å². The Balaban J connectivity index is 1.21. The minimum atomic E-state index is -0.226. The third kappa shape index (κ3) is 9.15. The fourth-order valence-electron chi connectivity index (χ4n) is 15.0. The van der Waals surface area contributed by atoms with Gasteiger partial charge in [0.2, 0.25) is 0 Å². The quantitative estimate of drug-likeness (QED) is 0.154. The average Bonchev–Trinajstić information content (AvgIpc) is 1.18. The van der Waals surface area contributed by atoms with E-state index in [2.05, 4.69) is 306 Å². The zero-order valence-electron chi connectivity index (χ0n) is 52.6. The Labute approximate surface area is 503 Å². The Morgan fingerprint density at radius 3 is 1.30 bits per heavy atom. The van der Waals surface area contributed by atoms with Crippen molar-refractivity contribution in [3.63, 3.8) is 0 Å². The topological polar surface area (TPSA) is 9.72 Å². The maximum absolute atomic E-state index is 2.87. The average molecular weight is 1100 g/mol. The van der Waals surface area contributed by atoms with Gasteiger partial charge in [0.25, 0.3) is 6.71 Å². The molecule has 84 heavy (non-hydrogen) atoms. The molecule has 4 aliphatic rings. The van der Waals surface area contributed by atoms with Crippen LogP contribution in [0.3, 0.4) is 0 Å². The van der Waals surface area contributed by atoms with Crippen molar-refractivity contribution >= 4 is 68.6 Å². The molecular weight excluding hydrogens is 1010 g/mol. The fraction of sp³-hybridized carbons (Fsp3) is 0.325. The number of anilines is 8. The van der Waals surface area contributed by atoms with E-state index in [9.17, 15) is 0 Å². The van der Waals surface area contributed by atoms with E-state index in [0.29, 0.717) is 0 Å². The molecule has 1 fully saturated rings. The van der Waals surface area contributed by atoms with E-state index >= 15 is 0 Å². The Hall–Kier alpha value is -7.56. The normalized spacial score (nSPS) is 18.5. The zero-order chi connectivity index (χ0) is 58.9. The molecule has 3 nitrogen and oxygen atoms in total. The molecule has 3 heterocycles. The van der Waals surface area contributed by atoms with Gasteiger partial charge in [-0.25, -0.2) is 0 Å². The third-order valence-corrected chi connectivity index (χ3v) is 20.1. The van der Waals surface area contributed by atoms with Crippen molar-refractivity contribution in [3.05, 3.63) is 222 Å². The zero-order valence-corrected chi connectivity index (χ0v) is 52.6. The number of benzene rings is 9. The van der Waals surface area contributed by atoms with Gasteiger partial charge < -0.3 is 14.7 Å². The molecule has 2 unspecified atom stereocenters. The van der Waals surface area contributed by atoms with Gasteiger partial charge in [-0.3, -0.25) is 0 Å². The second-order valence-electron chi connectivity index (χ2n) is 29.7. The van der Waals surface area contributed by atoms with Crippen molar-refractivity contribution in [2.24, 2.45) is 0 Å². The summed E-state index contributed by atoms with van der Waals surface area (Å²) in [5, 5.41) is 0. The van der Waals surface area contributed by atoms with Gasteiger partial charge in [-0.2, -0.15) is 0 Å². The molecule has 1 aliphatic carbocycles. The van der Waals surface area contributed by atoms with Crippen molar-refractivity contribution in [2.45, 2.75) is 168 Å². The summed E-state index contributed by atoms with van der Waals surface area (Å²) in [4.78, 5) is 8.29. The van der Waals surface area contributed by atoms with E-state index in [0.717, 1.165) is 12.8 Å². The van der Waals surface area contributed by atoms with Crippen LogP contribution in [0.1, 0.15) is 163 Å². The summed E-state index contributed by atoms with van der Waals surface area (Å²) in [6.45, 7) is 33.5. The lowest BCUT2D eigenvalue weighted by molar-refractivity contribution is 0.217. The molecular formula is C80H86BN3. The molecule has 2 atom stereocenters. The molecule has 0 saturated heterocycles.